The van der Waals surface area contributed by atoms with E-state index < -0.39 is 29.6 Å². The number of piperidine rings is 1. The van der Waals surface area contributed by atoms with Crippen molar-refractivity contribution >= 4 is 0 Å². The van der Waals surface area contributed by atoms with Gasteiger partial charge in [-0.3, -0.25) is 4.90 Å². The van der Waals surface area contributed by atoms with Gasteiger partial charge in [-0.2, -0.15) is 5.26 Å². The number of nitriles is 1. The van der Waals surface area contributed by atoms with Crippen LogP contribution in [0.15, 0.2) is 24.3 Å². The third kappa shape index (κ3) is 2.89. The first-order valence-corrected chi connectivity index (χ1v) is 8.12. The standard InChI is InChI=1S/C18H24N2O4/c1-17(2)23-16-14(21)11-20(15(9-19)18(16,3)24-17)10-12-5-7-13(22-4)8-6-12/h5-8,14-16,21H,10-11H2,1-4H3/t14-,15+,16+,18-/m0/s1. The summed E-state index contributed by atoms with van der Waals surface area (Å²) >= 11 is 0. The van der Waals surface area contributed by atoms with E-state index in [-0.39, 0.29) is 0 Å². The van der Waals surface area contributed by atoms with Crippen molar-refractivity contribution in [2.75, 3.05) is 13.7 Å². The number of β-amino-alcohol motifs (C(OH)–C–C–N with tert-alkyl or cyclic N) is 1. The molecule has 0 aromatic heterocycles. The van der Waals surface area contributed by atoms with Gasteiger partial charge < -0.3 is 19.3 Å². The molecule has 3 rings (SSSR count). The number of rotatable bonds is 3. The maximum Gasteiger partial charge on any atom is 0.164 e. The van der Waals surface area contributed by atoms with Crippen LogP contribution in [0.5, 0.6) is 5.75 Å². The summed E-state index contributed by atoms with van der Waals surface area (Å²) in [5.74, 6) is -0.0263. The zero-order valence-corrected chi connectivity index (χ0v) is 14.5. The largest absolute Gasteiger partial charge is 0.497 e. The molecule has 1 aromatic rings. The molecule has 1 aromatic carbocycles. The van der Waals surface area contributed by atoms with Gasteiger partial charge in [0.05, 0.1) is 19.3 Å². The molecule has 0 aliphatic carbocycles. The highest BCUT2D eigenvalue weighted by Crippen LogP contribution is 2.44. The minimum atomic E-state index is -0.873. The van der Waals surface area contributed by atoms with Crippen LogP contribution in [-0.2, 0) is 16.0 Å². The monoisotopic (exact) mass is 332 g/mol. The van der Waals surface area contributed by atoms with Gasteiger partial charge in [0.1, 0.15) is 23.5 Å². The smallest absolute Gasteiger partial charge is 0.164 e. The Hall–Kier alpha value is -1.65. The molecule has 0 radical (unpaired) electrons. The lowest BCUT2D eigenvalue weighted by atomic mass is 9.82. The molecule has 24 heavy (non-hydrogen) atoms. The number of hydrogen-bond donors (Lipinski definition) is 1. The summed E-state index contributed by atoms with van der Waals surface area (Å²) in [6, 6.07) is 9.55. The van der Waals surface area contributed by atoms with E-state index >= 15 is 0 Å². The van der Waals surface area contributed by atoms with E-state index in [1.807, 2.05) is 49.9 Å². The number of methoxy groups -OCH3 is 1. The number of ether oxygens (including phenoxy) is 3. The zero-order chi connectivity index (χ0) is 17.5. The van der Waals surface area contributed by atoms with Gasteiger partial charge in [-0.15, -0.1) is 0 Å². The van der Waals surface area contributed by atoms with Crippen molar-refractivity contribution in [3.05, 3.63) is 29.8 Å². The summed E-state index contributed by atoms with van der Waals surface area (Å²) in [4.78, 5) is 1.95. The van der Waals surface area contributed by atoms with E-state index in [0.29, 0.717) is 13.1 Å². The maximum atomic E-state index is 10.5. The first kappa shape index (κ1) is 17.2. The summed E-state index contributed by atoms with van der Waals surface area (Å²) in [6.45, 7) is 6.39. The lowest BCUT2D eigenvalue weighted by Gasteiger charge is -2.46. The summed E-state index contributed by atoms with van der Waals surface area (Å²) in [5, 5.41) is 20.3. The lowest BCUT2D eigenvalue weighted by molar-refractivity contribution is -0.166. The van der Waals surface area contributed by atoms with Gasteiger partial charge in [-0.1, -0.05) is 12.1 Å². The normalized spacial score (nSPS) is 35.2. The molecule has 6 heteroatoms. The molecular weight excluding hydrogens is 308 g/mol. The van der Waals surface area contributed by atoms with Crippen molar-refractivity contribution in [2.45, 2.75) is 57.0 Å². The Morgan fingerprint density at radius 1 is 1.33 bits per heavy atom. The predicted octanol–water partition coefficient (Wildman–Crippen LogP) is 1.67. The molecule has 2 aliphatic heterocycles. The van der Waals surface area contributed by atoms with Crippen LogP contribution in [0.3, 0.4) is 0 Å². The fraction of sp³-hybridized carbons (Fsp3) is 0.611. The molecule has 0 unspecified atom stereocenters. The second kappa shape index (κ2) is 6.01. The molecule has 0 amide bonds. The Balaban J connectivity index is 1.85. The van der Waals surface area contributed by atoms with Gasteiger partial charge in [-0.25, -0.2) is 0 Å². The molecule has 130 valence electrons. The van der Waals surface area contributed by atoms with Crippen LogP contribution in [0.2, 0.25) is 0 Å². The molecule has 2 saturated heterocycles. The van der Waals surface area contributed by atoms with Crippen molar-refractivity contribution in [3.8, 4) is 11.8 Å². The van der Waals surface area contributed by atoms with Crippen LogP contribution < -0.4 is 4.74 Å². The molecule has 0 saturated carbocycles. The van der Waals surface area contributed by atoms with Crippen molar-refractivity contribution < 1.29 is 19.3 Å². The molecule has 2 aliphatic rings. The molecule has 2 heterocycles. The van der Waals surface area contributed by atoms with E-state index in [9.17, 15) is 10.4 Å². The number of aliphatic hydroxyl groups is 1. The van der Waals surface area contributed by atoms with Crippen molar-refractivity contribution in [3.63, 3.8) is 0 Å². The van der Waals surface area contributed by atoms with Crippen LogP contribution in [0.4, 0.5) is 0 Å². The average Bonchev–Trinajstić information content (AvgIpc) is 2.78. The van der Waals surface area contributed by atoms with Crippen LogP contribution in [-0.4, -0.2) is 53.3 Å². The highest BCUT2D eigenvalue weighted by atomic mass is 16.8. The Morgan fingerprint density at radius 3 is 2.58 bits per heavy atom. The Labute approximate surface area is 142 Å². The first-order valence-electron chi connectivity index (χ1n) is 8.12. The summed E-state index contributed by atoms with van der Waals surface area (Å²) in [6.07, 6.45) is -1.22. The van der Waals surface area contributed by atoms with E-state index in [1.54, 1.807) is 7.11 Å². The zero-order valence-electron chi connectivity index (χ0n) is 14.5. The van der Waals surface area contributed by atoms with Crippen LogP contribution in [0.25, 0.3) is 0 Å². The van der Waals surface area contributed by atoms with Gasteiger partial charge in [0.25, 0.3) is 0 Å². The second-order valence-corrected chi connectivity index (χ2v) is 7.10. The minimum absolute atomic E-state index is 0.365. The summed E-state index contributed by atoms with van der Waals surface area (Å²) < 4.78 is 17.1. The van der Waals surface area contributed by atoms with Crippen LogP contribution >= 0.6 is 0 Å². The van der Waals surface area contributed by atoms with E-state index in [4.69, 9.17) is 14.2 Å². The first-order chi connectivity index (χ1) is 11.3. The number of nitrogens with zero attached hydrogens (tertiary/aromatic N) is 2. The Morgan fingerprint density at radius 2 is 2.00 bits per heavy atom. The topological polar surface area (TPSA) is 75.0 Å². The molecule has 6 nitrogen and oxygen atoms in total. The fourth-order valence-corrected chi connectivity index (χ4v) is 3.84. The summed E-state index contributed by atoms with van der Waals surface area (Å²) in [7, 11) is 1.63. The highest BCUT2D eigenvalue weighted by Gasteiger charge is 2.61. The second-order valence-electron chi connectivity index (χ2n) is 7.10. The third-order valence-electron chi connectivity index (χ3n) is 4.79. The van der Waals surface area contributed by atoms with Gasteiger partial charge in [-0.05, 0) is 38.5 Å². The van der Waals surface area contributed by atoms with Crippen molar-refractivity contribution in [1.29, 1.82) is 5.26 Å². The van der Waals surface area contributed by atoms with Crippen LogP contribution in [0.1, 0.15) is 26.3 Å². The fourth-order valence-electron chi connectivity index (χ4n) is 3.84. The average molecular weight is 332 g/mol. The third-order valence-corrected chi connectivity index (χ3v) is 4.79. The molecule has 0 spiro atoms. The summed E-state index contributed by atoms with van der Waals surface area (Å²) in [5.41, 5.74) is 0.172. The maximum absolute atomic E-state index is 10.5. The SMILES string of the molecule is COc1ccc(CN2C[C@H](O)[C@H]3OC(C)(C)O[C@@]3(C)[C@H]2C#N)cc1. The quantitative estimate of drug-likeness (QED) is 0.908. The van der Waals surface area contributed by atoms with Gasteiger partial charge in [0.15, 0.2) is 5.79 Å². The highest BCUT2D eigenvalue weighted by molar-refractivity contribution is 5.28. The number of hydrogen-bond acceptors (Lipinski definition) is 6. The lowest BCUT2D eigenvalue weighted by Crippen LogP contribution is -2.65. The van der Waals surface area contributed by atoms with E-state index in [2.05, 4.69) is 6.07 Å². The number of aliphatic hydroxyl groups excluding tert-OH is 1. The van der Waals surface area contributed by atoms with Crippen LogP contribution in [0, 0.1) is 11.3 Å². The van der Waals surface area contributed by atoms with E-state index in [0.717, 1.165) is 11.3 Å². The van der Waals surface area contributed by atoms with E-state index in [1.165, 1.54) is 0 Å². The van der Waals surface area contributed by atoms with Crippen molar-refractivity contribution in [1.82, 2.24) is 4.90 Å². The molecule has 1 N–H and O–H groups in total. The number of fused-ring (bicyclic) bond motifs is 1. The Bertz CT molecular complexity index is 639. The van der Waals surface area contributed by atoms with Gasteiger partial charge in [0.2, 0.25) is 0 Å². The van der Waals surface area contributed by atoms with Gasteiger partial charge >= 0.3 is 0 Å². The molecular formula is C18H24N2O4. The molecule has 2 fully saturated rings. The van der Waals surface area contributed by atoms with Gasteiger partial charge in [0, 0.05) is 13.1 Å². The number of benzene rings is 1. The van der Waals surface area contributed by atoms with Crippen molar-refractivity contribution in [2.24, 2.45) is 0 Å². The molecule has 4 atom stereocenters. The Kier molecular flexibility index (Phi) is 4.30. The number of likely N-dealkylation sites (tertiary alicyclic amines) is 1. The minimum Gasteiger partial charge on any atom is -0.497 e. The predicted molar refractivity (Wildman–Crippen MR) is 87.3 cm³/mol. The molecule has 0 bridgehead atoms.